The minimum absolute atomic E-state index is 0.0701. The standard InChI is InChI=1S/C33H44N8O3S3/c1-6-24(12-13-37-45-30-16-39(3)19-34-30)29(43-22-42)15-28(44-47-32-18-41(5)21-36-32)23(2)33(25-10-11-25)26-8-7-9-27(14-26)38-46-31-17-40(4)20-35-31/h7-9,14-21,24-25,33,37-38,42H,6,10-13,22H2,1-5H3/b28-23-,29-15-. The molecular weight excluding hydrogens is 653 g/mol. The predicted octanol–water partition coefficient (Wildman–Crippen LogP) is 7.06. The van der Waals surface area contributed by atoms with Gasteiger partial charge in [0, 0.05) is 81.8 Å². The van der Waals surface area contributed by atoms with Crippen molar-refractivity contribution in [1.82, 2.24) is 33.4 Å². The van der Waals surface area contributed by atoms with Crippen LogP contribution in [0.15, 0.2) is 100 Å². The second-order valence-corrected chi connectivity index (χ2v) is 14.2. The minimum Gasteiger partial charge on any atom is -0.472 e. The third kappa shape index (κ3) is 10.3. The van der Waals surface area contributed by atoms with E-state index in [-0.39, 0.29) is 11.8 Å². The van der Waals surface area contributed by atoms with E-state index in [2.05, 4.69) is 62.5 Å². The lowest BCUT2D eigenvalue weighted by atomic mass is 9.86. The number of imidazole rings is 3. The molecule has 252 valence electrons. The second-order valence-electron chi connectivity index (χ2n) is 11.7. The summed E-state index contributed by atoms with van der Waals surface area (Å²) in [6.07, 6.45) is 17.2. The number of allylic oxidation sites excluding steroid dienone is 3. The zero-order valence-electron chi connectivity index (χ0n) is 27.5. The van der Waals surface area contributed by atoms with Crippen LogP contribution in [0.25, 0.3) is 0 Å². The molecule has 1 saturated carbocycles. The molecule has 0 bridgehead atoms. The molecule has 5 rings (SSSR count). The van der Waals surface area contributed by atoms with Crippen molar-refractivity contribution >= 4 is 41.6 Å². The maximum absolute atomic E-state index is 9.93. The fraction of sp³-hybridized carbons (Fsp3) is 0.424. The Kier molecular flexibility index (Phi) is 12.8. The average molecular weight is 697 g/mol. The molecule has 0 spiro atoms. The smallest absolute Gasteiger partial charge is 0.185 e. The molecule has 1 aliphatic carbocycles. The topological polar surface area (TPSA) is 116 Å². The number of aromatic nitrogens is 6. The first kappa shape index (κ1) is 35.0. The van der Waals surface area contributed by atoms with Gasteiger partial charge in [-0.15, -0.1) is 0 Å². The molecular formula is C33H44N8O3S3. The van der Waals surface area contributed by atoms with Crippen molar-refractivity contribution in [3.8, 4) is 0 Å². The molecule has 4 aromatic rings. The van der Waals surface area contributed by atoms with Gasteiger partial charge in [0.15, 0.2) is 11.8 Å². The Morgan fingerprint density at radius 1 is 1.00 bits per heavy atom. The second kappa shape index (κ2) is 17.2. The molecule has 2 atom stereocenters. The molecule has 0 saturated heterocycles. The monoisotopic (exact) mass is 696 g/mol. The van der Waals surface area contributed by atoms with E-state index < -0.39 is 6.79 Å². The van der Waals surface area contributed by atoms with Crippen molar-refractivity contribution < 1.29 is 14.0 Å². The van der Waals surface area contributed by atoms with Gasteiger partial charge in [-0.05, 0) is 73.7 Å². The highest BCUT2D eigenvalue weighted by Gasteiger charge is 2.35. The van der Waals surface area contributed by atoms with Crippen LogP contribution in [-0.4, -0.2) is 47.1 Å². The maximum atomic E-state index is 9.93. The molecule has 0 aliphatic heterocycles. The molecule has 3 heterocycles. The first-order chi connectivity index (χ1) is 22.8. The van der Waals surface area contributed by atoms with Gasteiger partial charge in [-0.2, -0.15) is 0 Å². The van der Waals surface area contributed by atoms with Crippen LogP contribution in [0.5, 0.6) is 0 Å². The summed E-state index contributed by atoms with van der Waals surface area (Å²) < 4.78 is 25.0. The van der Waals surface area contributed by atoms with Crippen molar-refractivity contribution in [3.05, 3.63) is 90.6 Å². The Balaban J connectivity index is 1.40. The lowest BCUT2D eigenvalue weighted by molar-refractivity contribution is 0.0266. The zero-order valence-corrected chi connectivity index (χ0v) is 29.9. The van der Waals surface area contributed by atoms with E-state index in [1.165, 1.54) is 41.5 Å². The first-order valence-electron chi connectivity index (χ1n) is 15.7. The van der Waals surface area contributed by atoms with Crippen LogP contribution in [0, 0.1) is 11.8 Å². The summed E-state index contributed by atoms with van der Waals surface area (Å²) in [6, 6.07) is 8.60. The number of hydrogen-bond donors (Lipinski definition) is 3. The Morgan fingerprint density at radius 3 is 2.26 bits per heavy atom. The van der Waals surface area contributed by atoms with Crippen LogP contribution in [-0.2, 0) is 30.1 Å². The van der Waals surface area contributed by atoms with E-state index in [1.54, 1.807) is 19.0 Å². The summed E-state index contributed by atoms with van der Waals surface area (Å²) >= 11 is 4.24. The van der Waals surface area contributed by atoms with E-state index in [0.717, 1.165) is 64.3 Å². The zero-order chi connectivity index (χ0) is 33.2. The number of nitrogens with one attached hydrogen (secondary N) is 2. The maximum Gasteiger partial charge on any atom is 0.185 e. The van der Waals surface area contributed by atoms with Gasteiger partial charge in [-0.3, -0.25) is 4.72 Å². The number of ether oxygens (including phenoxy) is 1. The van der Waals surface area contributed by atoms with Crippen LogP contribution < -0.4 is 9.44 Å². The van der Waals surface area contributed by atoms with E-state index >= 15 is 0 Å². The molecule has 3 N–H and O–H groups in total. The number of benzene rings is 1. The van der Waals surface area contributed by atoms with Crippen molar-refractivity contribution in [2.75, 3.05) is 18.1 Å². The van der Waals surface area contributed by atoms with Gasteiger partial charge in [0.05, 0.1) is 19.0 Å². The number of aryl methyl sites for hydroxylation is 3. The van der Waals surface area contributed by atoms with Crippen LogP contribution in [0.1, 0.15) is 51.0 Å². The number of rotatable bonds is 19. The fourth-order valence-electron chi connectivity index (χ4n) is 5.36. The first-order valence-corrected chi connectivity index (χ1v) is 18.1. The Bertz CT molecular complexity index is 1640. The lowest BCUT2D eigenvalue weighted by Gasteiger charge is -2.23. The number of nitrogens with zero attached hydrogens (tertiary/aromatic N) is 6. The number of aliphatic hydroxyl groups excluding tert-OH is 1. The molecule has 47 heavy (non-hydrogen) atoms. The van der Waals surface area contributed by atoms with Crippen LogP contribution in [0.3, 0.4) is 0 Å². The van der Waals surface area contributed by atoms with Crippen LogP contribution >= 0.6 is 35.9 Å². The molecule has 1 aromatic carbocycles. The van der Waals surface area contributed by atoms with Crippen molar-refractivity contribution in [2.24, 2.45) is 33.0 Å². The molecule has 14 heteroatoms. The van der Waals surface area contributed by atoms with Gasteiger partial charge in [0.2, 0.25) is 0 Å². The Morgan fingerprint density at radius 2 is 1.66 bits per heavy atom. The lowest BCUT2D eigenvalue weighted by Crippen LogP contribution is -2.15. The predicted molar refractivity (Wildman–Crippen MR) is 189 cm³/mol. The van der Waals surface area contributed by atoms with Crippen LogP contribution in [0.4, 0.5) is 5.69 Å². The molecule has 3 aromatic heterocycles. The fourth-order valence-corrected chi connectivity index (χ4v) is 7.37. The van der Waals surface area contributed by atoms with Gasteiger partial charge in [-0.1, -0.05) is 19.1 Å². The van der Waals surface area contributed by atoms with Crippen molar-refractivity contribution in [1.29, 1.82) is 0 Å². The van der Waals surface area contributed by atoms with Crippen LogP contribution in [0.2, 0.25) is 0 Å². The quantitative estimate of drug-likeness (QED) is 0.0234. The van der Waals surface area contributed by atoms with Gasteiger partial charge >= 0.3 is 0 Å². The Hall–Kier alpha value is -3.30. The summed E-state index contributed by atoms with van der Waals surface area (Å²) in [5.74, 6) is 2.15. The SMILES string of the molecule is CCC(CCNSc1cn(C)cn1)/C(=C/C(OSc1cn(C)cn1)=C(\C)C(c1cccc(NSc2cn(C)cn2)c1)C1CC1)OCO. The summed E-state index contributed by atoms with van der Waals surface area (Å²) in [6.45, 7) is 4.62. The highest BCUT2D eigenvalue weighted by molar-refractivity contribution is 8.00. The highest BCUT2D eigenvalue weighted by atomic mass is 32.2. The number of anilines is 1. The molecule has 2 unspecified atom stereocenters. The summed E-state index contributed by atoms with van der Waals surface area (Å²) in [5, 5.41) is 12.5. The van der Waals surface area contributed by atoms with E-state index in [9.17, 15) is 5.11 Å². The van der Waals surface area contributed by atoms with Gasteiger partial charge in [-0.25, -0.2) is 15.0 Å². The molecule has 1 fully saturated rings. The minimum atomic E-state index is -0.411. The average Bonchev–Trinajstić information content (AvgIpc) is 3.42. The largest absolute Gasteiger partial charge is 0.472 e. The molecule has 0 radical (unpaired) electrons. The number of hydrogen-bond acceptors (Lipinski definition) is 11. The molecule has 1 aliphatic rings. The summed E-state index contributed by atoms with van der Waals surface area (Å²) in [7, 11) is 5.86. The Labute approximate surface area is 290 Å². The van der Waals surface area contributed by atoms with Gasteiger partial charge in [0.1, 0.15) is 33.6 Å². The van der Waals surface area contributed by atoms with Gasteiger partial charge in [0.25, 0.3) is 0 Å². The van der Waals surface area contributed by atoms with E-state index in [1.807, 2.05) is 59.5 Å². The van der Waals surface area contributed by atoms with E-state index in [4.69, 9.17) is 8.92 Å². The summed E-state index contributed by atoms with van der Waals surface area (Å²) in [5.41, 5.74) is 3.36. The third-order valence-electron chi connectivity index (χ3n) is 7.90. The van der Waals surface area contributed by atoms with Crippen molar-refractivity contribution in [2.45, 2.75) is 60.5 Å². The number of aliphatic hydroxyl groups is 1. The van der Waals surface area contributed by atoms with Crippen molar-refractivity contribution in [3.63, 3.8) is 0 Å². The normalized spacial score (nSPS) is 15.3. The summed E-state index contributed by atoms with van der Waals surface area (Å²) in [4.78, 5) is 13.2. The molecule has 0 amide bonds. The molecule has 11 nitrogen and oxygen atoms in total. The third-order valence-corrected chi connectivity index (χ3v) is 10.1. The highest BCUT2D eigenvalue weighted by Crippen LogP contribution is 2.48. The van der Waals surface area contributed by atoms with E-state index in [0.29, 0.717) is 11.7 Å². The van der Waals surface area contributed by atoms with Gasteiger partial charge < -0.3 is 32.4 Å².